The van der Waals surface area contributed by atoms with Crippen molar-refractivity contribution in [2.24, 2.45) is 0 Å². The quantitative estimate of drug-likeness (QED) is 0.242. The van der Waals surface area contributed by atoms with Gasteiger partial charge < -0.3 is 11.1 Å². The van der Waals surface area contributed by atoms with Crippen LogP contribution in [0.4, 0.5) is 16.0 Å². The van der Waals surface area contributed by atoms with Gasteiger partial charge >= 0.3 is 0 Å². The van der Waals surface area contributed by atoms with Crippen molar-refractivity contribution >= 4 is 17.3 Å². The second-order valence-corrected chi connectivity index (χ2v) is 11.0. The summed E-state index contributed by atoms with van der Waals surface area (Å²) in [5.74, 6) is 0.955. The Bertz CT molecular complexity index is 2010. The van der Waals surface area contributed by atoms with Gasteiger partial charge in [-0.2, -0.15) is 10.4 Å². The lowest BCUT2D eigenvalue weighted by Gasteiger charge is -2.32. The molecule has 6 aromatic rings. The van der Waals surface area contributed by atoms with E-state index >= 15 is 0 Å². The van der Waals surface area contributed by atoms with Gasteiger partial charge in [0.15, 0.2) is 5.65 Å². The number of nitrogens with zero attached hydrogens (tertiary/aromatic N) is 8. The molecule has 0 saturated carbocycles. The maximum Gasteiger partial charge on any atom is 0.234 e. The minimum Gasteiger partial charge on any atom is -0.383 e. The second kappa shape index (κ2) is 12.1. The summed E-state index contributed by atoms with van der Waals surface area (Å²) in [4.78, 5) is 19.8. The van der Waals surface area contributed by atoms with Gasteiger partial charge in [-0.15, -0.1) is 0 Å². The van der Waals surface area contributed by atoms with Gasteiger partial charge in [0.2, 0.25) is 5.82 Å². The molecule has 1 aliphatic rings. The van der Waals surface area contributed by atoms with Crippen molar-refractivity contribution in [2.75, 3.05) is 24.1 Å². The number of anilines is 2. The average Bonchev–Trinajstić information content (AvgIpc) is 3.45. The number of pyridine rings is 1. The third kappa shape index (κ3) is 5.91. The van der Waals surface area contributed by atoms with Crippen LogP contribution in [0.2, 0.25) is 0 Å². The highest BCUT2D eigenvalue weighted by molar-refractivity contribution is 5.86. The number of likely N-dealkylation sites (tertiary alicyclic amines) is 1. The van der Waals surface area contributed by atoms with E-state index in [0.29, 0.717) is 34.7 Å². The summed E-state index contributed by atoms with van der Waals surface area (Å²) in [5, 5.41) is 17.4. The van der Waals surface area contributed by atoms with Crippen LogP contribution in [0.25, 0.3) is 39.4 Å². The molecule has 0 atom stereocenters. The minimum absolute atomic E-state index is 0.171. The summed E-state index contributed by atoms with van der Waals surface area (Å²) < 4.78 is 15.4. The van der Waals surface area contributed by atoms with E-state index in [1.54, 1.807) is 30.6 Å². The Morgan fingerprint density at radius 3 is 2.42 bits per heavy atom. The molecule has 0 radical (unpaired) electrons. The smallest absolute Gasteiger partial charge is 0.234 e. The Labute approximate surface area is 259 Å². The topological polar surface area (TPSA) is 134 Å². The molecule has 0 amide bonds. The van der Waals surface area contributed by atoms with Gasteiger partial charge in [0.1, 0.15) is 34.9 Å². The Hall–Kier alpha value is -5.73. The fraction of sp³-hybridized carbons (Fsp3) is 0.176. The Morgan fingerprint density at radius 1 is 0.889 bits per heavy atom. The second-order valence-electron chi connectivity index (χ2n) is 11.0. The number of hydrogen-bond acceptors (Lipinski definition) is 9. The number of nitrogens with two attached hydrogens (primary N) is 1. The number of rotatable bonds is 7. The Kier molecular flexibility index (Phi) is 7.55. The summed E-state index contributed by atoms with van der Waals surface area (Å²) in [5.41, 5.74) is 12.8. The number of aromatic nitrogens is 6. The first-order valence-electron chi connectivity index (χ1n) is 14.7. The number of fused-ring (bicyclic) bond motifs is 1. The van der Waals surface area contributed by atoms with Crippen molar-refractivity contribution in [1.29, 1.82) is 5.26 Å². The molecule has 45 heavy (non-hydrogen) atoms. The van der Waals surface area contributed by atoms with E-state index < -0.39 is 0 Å². The molecule has 10 nitrogen and oxygen atoms in total. The van der Waals surface area contributed by atoms with E-state index in [1.807, 2.05) is 34.9 Å². The minimum atomic E-state index is -0.295. The van der Waals surface area contributed by atoms with Gasteiger partial charge in [-0.1, -0.05) is 24.3 Å². The molecular weight excluding hydrogens is 567 g/mol. The predicted octanol–water partition coefficient (Wildman–Crippen LogP) is 5.58. The molecule has 0 aliphatic carbocycles. The van der Waals surface area contributed by atoms with Crippen LogP contribution >= 0.6 is 0 Å². The fourth-order valence-electron chi connectivity index (χ4n) is 5.74. The lowest BCUT2D eigenvalue weighted by atomic mass is 10.0. The standard InChI is InChI=1S/C34H29FN10/c35-25-9-7-23(8-10-25)28-11-12-31-42-32(27-2-1-16-39-34(27)37)33(45(31)43-28)24-5-3-22(4-6-24)21-44-18-14-26(15-19-44)40-29-13-17-38-30(20-36)41-29/h1-13,16-17,26H,14-15,18-19,21H2,(H2,37,39)(H,38,40,41). The highest BCUT2D eigenvalue weighted by Crippen LogP contribution is 2.35. The lowest BCUT2D eigenvalue weighted by Crippen LogP contribution is -2.38. The van der Waals surface area contributed by atoms with Crippen LogP contribution in [0.5, 0.6) is 0 Å². The van der Waals surface area contributed by atoms with E-state index in [-0.39, 0.29) is 11.6 Å². The summed E-state index contributed by atoms with van der Waals surface area (Å²) in [7, 11) is 0. The van der Waals surface area contributed by atoms with Crippen molar-refractivity contribution < 1.29 is 4.39 Å². The molecule has 11 heteroatoms. The molecule has 1 aliphatic heterocycles. The maximum atomic E-state index is 13.6. The first-order chi connectivity index (χ1) is 22.0. The number of nitrogen functional groups attached to an aromatic ring is 1. The van der Waals surface area contributed by atoms with Gasteiger partial charge in [-0.05, 0) is 73.0 Å². The maximum absolute atomic E-state index is 13.6. The molecule has 0 unspecified atom stereocenters. The molecule has 222 valence electrons. The van der Waals surface area contributed by atoms with Crippen molar-refractivity contribution in [3.63, 3.8) is 0 Å². The normalized spacial score (nSPS) is 14.0. The number of hydrogen-bond donors (Lipinski definition) is 2. The van der Waals surface area contributed by atoms with Crippen molar-refractivity contribution in [3.05, 3.63) is 108 Å². The van der Waals surface area contributed by atoms with Crippen LogP contribution in [0.1, 0.15) is 24.2 Å². The highest BCUT2D eigenvalue weighted by atomic mass is 19.1. The summed E-state index contributed by atoms with van der Waals surface area (Å²) >= 11 is 0. The number of piperidine rings is 1. The van der Waals surface area contributed by atoms with E-state index in [1.165, 1.54) is 17.7 Å². The molecule has 1 saturated heterocycles. The molecule has 2 aromatic carbocycles. The number of nitrogens with one attached hydrogen (secondary N) is 1. The molecule has 1 fully saturated rings. The third-order valence-electron chi connectivity index (χ3n) is 8.04. The molecule has 7 rings (SSSR count). The van der Waals surface area contributed by atoms with E-state index in [0.717, 1.165) is 54.9 Å². The van der Waals surface area contributed by atoms with Gasteiger partial charge in [-0.3, -0.25) is 4.90 Å². The largest absolute Gasteiger partial charge is 0.383 e. The zero-order valence-electron chi connectivity index (χ0n) is 24.3. The molecule has 3 N–H and O–H groups in total. The summed E-state index contributed by atoms with van der Waals surface area (Å²) in [6.07, 6.45) is 5.22. The van der Waals surface area contributed by atoms with Crippen molar-refractivity contribution in [1.82, 2.24) is 34.4 Å². The number of halogens is 1. The van der Waals surface area contributed by atoms with E-state index in [2.05, 4.69) is 49.4 Å². The molecular formula is C34H29FN10. The van der Waals surface area contributed by atoms with Crippen molar-refractivity contribution in [2.45, 2.75) is 25.4 Å². The SMILES string of the molecule is N#Cc1nccc(NC2CCN(Cc3ccc(-c4c(-c5cccnc5N)nc5ccc(-c6ccc(F)cc6)nn45)cc3)CC2)n1. The first-order valence-corrected chi connectivity index (χ1v) is 14.7. The van der Waals surface area contributed by atoms with Crippen LogP contribution in [0, 0.1) is 17.1 Å². The zero-order chi connectivity index (χ0) is 30.8. The molecule has 0 spiro atoms. The van der Waals surface area contributed by atoms with Gasteiger partial charge in [-0.25, -0.2) is 28.8 Å². The predicted molar refractivity (Wildman–Crippen MR) is 170 cm³/mol. The van der Waals surface area contributed by atoms with Gasteiger partial charge in [0.05, 0.1) is 5.69 Å². The third-order valence-corrected chi connectivity index (χ3v) is 8.04. The Morgan fingerprint density at radius 2 is 1.67 bits per heavy atom. The summed E-state index contributed by atoms with van der Waals surface area (Å²) in [6, 6.07) is 26.4. The van der Waals surface area contributed by atoms with Gasteiger partial charge in [0, 0.05) is 54.8 Å². The van der Waals surface area contributed by atoms with Crippen LogP contribution in [0.3, 0.4) is 0 Å². The highest BCUT2D eigenvalue weighted by Gasteiger charge is 2.22. The van der Waals surface area contributed by atoms with Gasteiger partial charge in [0.25, 0.3) is 0 Å². The van der Waals surface area contributed by atoms with Crippen LogP contribution in [-0.2, 0) is 6.54 Å². The van der Waals surface area contributed by atoms with Crippen molar-refractivity contribution in [3.8, 4) is 39.8 Å². The molecule has 4 aromatic heterocycles. The lowest BCUT2D eigenvalue weighted by molar-refractivity contribution is 0.211. The molecule has 5 heterocycles. The zero-order valence-corrected chi connectivity index (χ0v) is 24.3. The van der Waals surface area contributed by atoms with Crippen LogP contribution < -0.4 is 11.1 Å². The Balaban J connectivity index is 1.13. The molecule has 0 bridgehead atoms. The van der Waals surface area contributed by atoms with E-state index in [9.17, 15) is 4.39 Å². The number of imidazole rings is 1. The first kappa shape index (κ1) is 28.1. The monoisotopic (exact) mass is 596 g/mol. The number of nitriles is 1. The van der Waals surface area contributed by atoms with Crippen LogP contribution in [0.15, 0.2) is 91.3 Å². The summed E-state index contributed by atoms with van der Waals surface area (Å²) in [6.45, 7) is 2.73. The fourth-order valence-corrected chi connectivity index (χ4v) is 5.74. The number of benzene rings is 2. The van der Waals surface area contributed by atoms with E-state index in [4.69, 9.17) is 21.1 Å². The average molecular weight is 597 g/mol. The van der Waals surface area contributed by atoms with Crippen LogP contribution in [-0.4, -0.2) is 53.6 Å².